The summed E-state index contributed by atoms with van der Waals surface area (Å²) in [6.45, 7) is 7.98. The largest absolute Gasteiger partial charge is 0.497 e. The van der Waals surface area contributed by atoms with Crippen molar-refractivity contribution in [3.05, 3.63) is 34.8 Å². The number of rotatable bonds is 9. The zero-order chi connectivity index (χ0) is 20.7. The molecule has 0 radical (unpaired) electrons. The Hall–Kier alpha value is -2.48. The molecule has 1 aromatic carbocycles. The average molecular weight is 405 g/mol. The van der Waals surface area contributed by atoms with E-state index >= 15 is 0 Å². The summed E-state index contributed by atoms with van der Waals surface area (Å²) in [7, 11) is 1.57. The van der Waals surface area contributed by atoms with Gasteiger partial charge in [-0.15, -0.1) is 10.2 Å². The standard InChI is InChI=1S/C20H28N4O3S/c1-6-13(7-2)19-23-24-20(28-19)22-18(26)16(12(3)4)21-17(25)14-8-10-15(27-5)11-9-14/h8-13,16H,6-7H2,1-5H3,(H,21,25)(H,22,24,26). The third-order valence-electron chi connectivity index (χ3n) is 4.59. The Labute approximate surface area is 169 Å². The maximum Gasteiger partial charge on any atom is 0.251 e. The number of anilines is 1. The van der Waals surface area contributed by atoms with Gasteiger partial charge in [0.1, 0.15) is 16.8 Å². The number of amides is 2. The SMILES string of the molecule is CCC(CC)c1nnc(NC(=O)C(NC(=O)c2ccc(OC)cc2)C(C)C)s1. The normalized spacial score (nSPS) is 12.1. The second kappa shape index (κ2) is 10.2. The van der Waals surface area contributed by atoms with Gasteiger partial charge in [-0.05, 0) is 43.0 Å². The van der Waals surface area contributed by atoms with Crippen molar-refractivity contribution >= 4 is 28.3 Å². The lowest BCUT2D eigenvalue weighted by atomic mass is 10.0. The summed E-state index contributed by atoms with van der Waals surface area (Å²) in [5.41, 5.74) is 0.464. The van der Waals surface area contributed by atoms with Crippen LogP contribution in [0.4, 0.5) is 5.13 Å². The molecule has 0 saturated heterocycles. The number of carbonyl (C=O) groups is 2. The Bertz CT molecular complexity index is 785. The number of benzene rings is 1. The predicted molar refractivity (Wildman–Crippen MR) is 111 cm³/mol. The van der Waals surface area contributed by atoms with Crippen LogP contribution in [0.3, 0.4) is 0 Å². The highest BCUT2D eigenvalue weighted by Gasteiger charge is 2.26. The maximum atomic E-state index is 12.7. The van der Waals surface area contributed by atoms with Crippen molar-refractivity contribution in [2.75, 3.05) is 12.4 Å². The predicted octanol–water partition coefficient (Wildman–Crippen LogP) is 3.84. The van der Waals surface area contributed by atoms with Crippen molar-refractivity contribution in [1.29, 1.82) is 0 Å². The zero-order valence-corrected chi connectivity index (χ0v) is 17.8. The minimum atomic E-state index is -0.685. The molecule has 2 rings (SSSR count). The van der Waals surface area contributed by atoms with Gasteiger partial charge in [-0.1, -0.05) is 39.0 Å². The van der Waals surface area contributed by atoms with Crippen LogP contribution in [0.1, 0.15) is 61.8 Å². The molecule has 0 fully saturated rings. The summed E-state index contributed by atoms with van der Waals surface area (Å²) in [5.74, 6) is 0.308. The highest BCUT2D eigenvalue weighted by molar-refractivity contribution is 7.15. The molecular formula is C20H28N4O3S. The number of hydrogen-bond acceptors (Lipinski definition) is 6. The molecule has 8 heteroatoms. The molecule has 1 unspecified atom stereocenters. The number of ether oxygens (including phenoxy) is 1. The van der Waals surface area contributed by atoms with E-state index in [1.165, 1.54) is 11.3 Å². The first-order valence-electron chi connectivity index (χ1n) is 9.48. The van der Waals surface area contributed by atoms with Gasteiger partial charge in [0.25, 0.3) is 5.91 Å². The summed E-state index contributed by atoms with van der Waals surface area (Å²) in [5, 5.41) is 15.3. The summed E-state index contributed by atoms with van der Waals surface area (Å²) in [4.78, 5) is 25.3. The molecule has 0 spiro atoms. The number of aromatic nitrogens is 2. The van der Waals surface area contributed by atoms with Gasteiger partial charge in [0.2, 0.25) is 11.0 Å². The van der Waals surface area contributed by atoms with Crippen molar-refractivity contribution in [3.8, 4) is 5.75 Å². The lowest BCUT2D eigenvalue weighted by Crippen LogP contribution is -2.47. The van der Waals surface area contributed by atoms with Gasteiger partial charge in [0, 0.05) is 11.5 Å². The molecule has 0 bridgehead atoms. The van der Waals surface area contributed by atoms with Crippen molar-refractivity contribution in [2.45, 2.75) is 52.5 Å². The number of hydrogen-bond donors (Lipinski definition) is 2. The summed E-state index contributed by atoms with van der Waals surface area (Å²) in [6, 6.07) is 6.06. The second-order valence-corrected chi connectivity index (χ2v) is 7.88. The summed E-state index contributed by atoms with van der Waals surface area (Å²) < 4.78 is 5.10. The molecule has 2 aromatic rings. The van der Waals surface area contributed by atoms with Gasteiger partial charge in [-0.2, -0.15) is 0 Å². The lowest BCUT2D eigenvalue weighted by molar-refractivity contribution is -0.118. The van der Waals surface area contributed by atoms with Crippen molar-refractivity contribution in [2.24, 2.45) is 5.92 Å². The first kappa shape index (κ1) is 21.8. The molecule has 0 aliphatic heterocycles. The molecular weight excluding hydrogens is 376 g/mol. The quantitative estimate of drug-likeness (QED) is 0.662. The molecule has 2 N–H and O–H groups in total. The van der Waals surface area contributed by atoms with Crippen molar-refractivity contribution < 1.29 is 14.3 Å². The fourth-order valence-electron chi connectivity index (χ4n) is 2.77. The van der Waals surface area contributed by atoms with E-state index in [4.69, 9.17) is 4.74 Å². The van der Waals surface area contributed by atoms with Gasteiger partial charge < -0.3 is 10.1 Å². The number of nitrogens with one attached hydrogen (secondary N) is 2. The monoisotopic (exact) mass is 404 g/mol. The summed E-state index contributed by atoms with van der Waals surface area (Å²) in [6.07, 6.45) is 1.96. The summed E-state index contributed by atoms with van der Waals surface area (Å²) >= 11 is 1.39. The van der Waals surface area contributed by atoms with Gasteiger partial charge in [-0.25, -0.2) is 0 Å². The van der Waals surface area contributed by atoms with Crippen LogP contribution in [0.2, 0.25) is 0 Å². The van der Waals surface area contributed by atoms with E-state index in [-0.39, 0.29) is 17.7 Å². The molecule has 0 aliphatic rings. The Morgan fingerprint density at radius 2 is 1.75 bits per heavy atom. The Morgan fingerprint density at radius 3 is 2.29 bits per heavy atom. The molecule has 7 nitrogen and oxygen atoms in total. The van der Waals surface area contributed by atoms with Gasteiger partial charge >= 0.3 is 0 Å². The van der Waals surface area contributed by atoms with E-state index < -0.39 is 6.04 Å². The second-order valence-electron chi connectivity index (χ2n) is 6.87. The van der Waals surface area contributed by atoms with Crippen LogP contribution in [0.15, 0.2) is 24.3 Å². The minimum Gasteiger partial charge on any atom is -0.497 e. The zero-order valence-electron chi connectivity index (χ0n) is 17.0. The fraction of sp³-hybridized carbons (Fsp3) is 0.500. The van der Waals surface area contributed by atoms with Gasteiger partial charge in [0.15, 0.2) is 0 Å². The Morgan fingerprint density at radius 1 is 1.11 bits per heavy atom. The third kappa shape index (κ3) is 5.51. The molecule has 1 heterocycles. The fourth-order valence-corrected chi connectivity index (χ4v) is 3.79. The van der Waals surface area contributed by atoms with Crippen LogP contribution in [-0.2, 0) is 4.79 Å². The lowest BCUT2D eigenvalue weighted by Gasteiger charge is -2.21. The smallest absolute Gasteiger partial charge is 0.251 e. The van der Waals surface area contributed by atoms with Crippen LogP contribution in [-0.4, -0.2) is 35.2 Å². The van der Waals surface area contributed by atoms with Gasteiger partial charge in [0.05, 0.1) is 7.11 Å². The van der Waals surface area contributed by atoms with Crippen molar-refractivity contribution in [1.82, 2.24) is 15.5 Å². The Balaban J connectivity index is 2.06. The Kier molecular flexibility index (Phi) is 7.92. The molecule has 152 valence electrons. The van der Waals surface area contributed by atoms with Crippen LogP contribution >= 0.6 is 11.3 Å². The van der Waals surface area contributed by atoms with E-state index in [0.29, 0.717) is 22.4 Å². The molecule has 0 aliphatic carbocycles. The molecule has 0 saturated carbocycles. The molecule has 2 amide bonds. The average Bonchev–Trinajstić information content (AvgIpc) is 3.14. The first-order chi connectivity index (χ1) is 13.4. The van der Waals surface area contributed by atoms with Crippen LogP contribution < -0.4 is 15.4 Å². The third-order valence-corrected chi connectivity index (χ3v) is 5.59. The van der Waals surface area contributed by atoms with E-state index in [1.54, 1.807) is 31.4 Å². The minimum absolute atomic E-state index is 0.0892. The van der Waals surface area contributed by atoms with E-state index in [1.807, 2.05) is 13.8 Å². The molecule has 1 aromatic heterocycles. The maximum absolute atomic E-state index is 12.7. The number of nitrogens with zero attached hydrogens (tertiary/aromatic N) is 2. The highest BCUT2D eigenvalue weighted by Crippen LogP contribution is 2.28. The molecule has 1 atom stereocenters. The van der Waals surface area contributed by atoms with E-state index in [2.05, 4.69) is 34.7 Å². The van der Waals surface area contributed by atoms with Crippen LogP contribution in [0.5, 0.6) is 5.75 Å². The topological polar surface area (TPSA) is 93.2 Å². The van der Waals surface area contributed by atoms with E-state index in [9.17, 15) is 9.59 Å². The molecule has 28 heavy (non-hydrogen) atoms. The number of carbonyl (C=O) groups excluding carboxylic acids is 2. The van der Waals surface area contributed by atoms with Crippen LogP contribution in [0, 0.1) is 5.92 Å². The number of methoxy groups -OCH3 is 1. The van der Waals surface area contributed by atoms with Gasteiger partial charge in [-0.3, -0.25) is 14.9 Å². The van der Waals surface area contributed by atoms with E-state index in [0.717, 1.165) is 17.8 Å². The van der Waals surface area contributed by atoms with Crippen molar-refractivity contribution in [3.63, 3.8) is 0 Å². The highest BCUT2D eigenvalue weighted by atomic mass is 32.1. The first-order valence-corrected chi connectivity index (χ1v) is 10.3. The van der Waals surface area contributed by atoms with Crippen LogP contribution in [0.25, 0.3) is 0 Å².